The van der Waals surface area contributed by atoms with Gasteiger partial charge in [-0.05, 0) is 12.1 Å². The molecule has 0 radical (unpaired) electrons. The molecule has 8 nitrogen and oxygen atoms in total. The van der Waals surface area contributed by atoms with Gasteiger partial charge in [-0.3, -0.25) is 4.98 Å². The lowest BCUT2D eigenvalue weighted by Gasteiger charge is -2.37. The Labute approximate surface area is 147 Å². The van der Waals surface area contributed by atoms with Gasteiger partial charge in [0.2, 0.25) is 0 Å². The SMILES string of the molecule is O=S(=O)(N1CCOCC1)N1CCN(c2cnc3ccccc3n2)CC1. The average molecular weight is 363 g/mol. The molecule has 2 saturated heterocycles. The molecular formula is C16H21N5O3S. The molecule has 2 fully saturated rings. The molecule has 9 heteroatoms. The molecule has 0 amide bonds. The smallest absolute Gasteiger partial charge is 0.282 e. The fourth-order valence-electron chi connectivity index (χ4n) is 3.19. The van der Waals surface area contributed by atoms with E-state index in [9.17, 15) is 8.42 Å². The van der Waals surface area contributed by atoms with Crippen LogP contribution in [0.5, 0.6) is 0 Å². The van der Waals surface area contributed by atoms with Crippen LogP contribution >= 0.6 is 0 Å². The van der Waals surface area contributed by atoms with Crippen LogP contribution < -0.4 is 4.90 Å². The lowest BCUT2D eigenvalue weighted by Crippen LogP contribution is -2.55. The van der Waals surface area contributed by atoms with Gasteiger partial charge < -0.3 is 9.64 Å². The van der Waals surface area contributed by atoms with Crippen LogP contribution in [-0.2, 0) is 14.9 Å². The van der Waals surface area contributed by atoms with Crippen molar-refractivity contribution in [2.75, 3.05) is 57.4 Å². The van der Waals surface area contributed by atoms with Crippen molar-refractivity contribution in [3.05, 3.63) is 30.5 Å². The Morgan fingerprint density at radius 1 is 0.880 bits per heavy atom. The molecular weight excluding hydrogens is 342 g/mol. The molecule has 0 saturated carbocycles. The third kappa shape index (κ3) is 3.32. The number of aromatic nitrogens is 2. The van der Waals surface area contributed by atoms with Crippen LogP contribution in [0.15, 0.2) is 30.5 Å². The minimum atomic E-state index is -3.40. The first-order chi connectivity index (χ1) is 12.1. The zero-order valence-electron chi connectivity index (χ0n) is 13.9. The molecule has 0 atom stereocenters. The highest BCUT2D eigenvalue weighted by Crippen LogP contribution is 2.19. The van der Waals surface area contributed by atoms with Crippen LogP contribution in [0.3, 0.4) is 0 Å². The van der Waals surface area contributed by atoms with Gasteiger partial charge in [0.1, 0.15) is 5.82 Å². The van der Waals surface area contributed by atoms with Crippen molar-refractivity contribution in [3.8, 4) is 0 Å². The summed E-state index contributed by atoms with van der Waals surface area (Å²) in [5.41, 5.74) is 1.71. The number of piperazine rings is 1. The van der Waals surface area contributed by atoms with Crippen molar-refractivity contribution in [1.82, 2.24) is 18.6 Å². The molecule has 1 aromatic heterocycles. The number of hydrogen-bond acceptors (Lipinski definition) is 6. The normalized spacial score (nSPS) is 20.9. The fourth-order valence-corrected chi connectivity index (χ4v) is 4.75. The molecule has 134 valence electrons. The van der Waals surface area contributed by atoms with Gasteiger partial charge in [-0.2, -0.15) is 17.0 Å². The van der Waals surface area contributed by atoms with E-state index in [2.05, 4.69) is 14.9 Å². The minimum Gasteiger partial charge on any atom is -0.379 e. The molecule has 4 rings (SSSR count). The van der Waals surface area contributed by atoms with E-state index >= 15 is 0 Å². The number of nitrogens with zero attached hydrogens (tertiary/aromatic N) is 5. The van der Waals surface area contributed by atoms with E-state index < -0.39 is 10.2 Å². The van der Waals surface area contributed by atoms with E-state index in [1.54, 1.807) is 10.5 Å². The number of hydrogen-bond donors (Lipinski definition) is 0. The van der Waals surface area contributed by atoms with E-state index in [0.29, 0.717) is 52.5 Å². The quantitative estimate of drug-likeness (QED) is 0.782. The highest BCUT2D eigenvalue weighted by Gasteiger charge is 2.33. The van der Waals surface area contributed by atoms with Crippen LogP contribution in [0.25, 0.3) is 11.0 Å². The van der Waals surface area contributed by atoms with Crippen LogP contribution in [-0.4, -0.2) is 79.5 Å². The third-order valence-electron chi connectivity index (χ3n) is 4.62. The first-order valence-corrected chi connectivity index (χ1v) is 9.84. The standard InChI is InChI=1S/C16H21N5O3S/c22-25(23,21-9-11-24-12-10-21)20-7-5-19(6-8-20)16-13-17-14-3-1-2-4-15(14)18-16/h1-4,13H,5-12H2. The second kappa shape index (κ2) is 6.83. The number of ether oxygens (including phenoxy) is 1. The number of para-hydroxylation sites is 2. The second-order valence-electron chi connectivity index (χ2n) is 6.12. The Balaban J connectivity index is 1.45. The molecule has 0 aliphatic carbocycles. The molecule has 2 aromatic rings. The van der Waals surface area contributed by atoms with Gasteiger partial charge >= 0.3 is 0 Å². The van der Waals surface area contributed by atoms with E-state index in [1.165, 1.54) is 4.31 Å². The summed E-state index contributed by atoms with van der Waals surface area (Å²) in [6.45, 7) is 3.91. The van der Waals surface area contributed by atoms with Crippen molar-refractivity contribution in [3.63, 3.8) is 0 Å². The number of rotatable bonds is 3. The Bertz CT molecular complexity index is 846. The van der Waals surface area contributed by atoms with E-state index in [-0.39, 0.29) is 0 Å². The number of benzene rings is 1. The van der Waals surface area contributed by atoms with Crippen LogP contribution in [0.4, 0.5) is 5.82 Å². The molecule has 2 aliphatic rings. The summed E-state index contributed by atoms with van der Waals surface area (Å²) in [5, 5.41) is 0. The number of anilines is 1. The third-order valence-corrected chi connectivity index (χ3v) is 6.66. The van der Waals surface area contributed by atoms with Gasteiger partial charge in [-0.15, -0.1) is 0 Å². The molecule has 25 heavy (non-hydrogen) atoms. The van der Waals surface area contributed by atoms with Crippen LogP contribution in [0, 0.1) is 0 Å². The van der Waals surface area contributed by atoms with E-state index in [1.807, 2.05) is 24.3 Å². The molecule has 0 bridgehead atoms. The van der Waals surface area contributed by atoms with E-state index in [4.69, 9.17) is 4.74 Å². The lowest BCUT2D eigenvalue weighted by atomic mass is 10.3. The van der Waals surface area contributed by atoms with Crippen molar-refractivity contribution in [1.29, 1.82) is 0 Å². The molecule has 3 heterocycles. The maximum absolute atomic E-state index is 12.7. The zero-order chi connectivity index (χ0) is 17.3. The van der Waals surface area contributed by atoms with Crippen LogP contribution in [0.2, 0.25) is 0 Å². The summed E-state index contributed by atoms with van der Waals surface area (Å²) in [5.74, 6) is 0.794. The van der Waals surface area contributed by atoms with Crippen LogP contribution in [0.1, 0.15) is 0 Å². The van der Waals surface area contributed by atoms with E-state index in [0.717, 1.165) is 16.9 Å². The van der Waals surface area contributed by atoms with Crippen molar-refractivity contribution in [2.45, 2.75) is 0 Å². The Hall–Kier alpha value is -1.81. The van der Waals surface area contributed by atoms with Gasteiger partial charge in [0.15, 0.2) is 0 Å². The Kier molecular flexibility index (Phi) is 4.55. The topological polar surface area (TPSA) is 78.9 Å². The monoisotopic (exact) mass is 363 g/mol. The second-order valence-corrected chi connectivity index (χ2v) is 8.05. The summed E-state index contributed by atoms with van der Waals surface area (Å²) in [6.07, 6.45) is 1.76. The highest BCUT2D eigenvalue weighted by molar-refractivity contribution is 7.86. The molecule has 0 N–H and O–H groups in total. The predicted molar refractivity (Wildman–Crippen MR) is 94.6 cm³/mol. The minimum absolute atomic E-state index is 0.429. The first kappa shape index (κ1) is 16.6. The maximum Gasteiger partial charge on any atom is 0.282 e. The average Bonchev–Trinajstić information content (AvgIpc) is 2.68. The Morgan fingerprint density at radius 3 is 2.24 bits per heavy atom. The largest absolute Gasteiger partial charge is 0.379 e. The fraction of sp³-hybridized carbons (Fsp3) is 0.500. The molecule has 1 aromatic carbocycles. The molecule has 2 aliphatic heterocycles. The van der Waals surface area contributed by atoms with Gasteiger partial charge in [0, 0.05) is 39.3 Å². The van der Waals surface area contributed by atoms with Gasteiger partial charge in [0.05, 0.1) is 30.4 Å². The van der Waals surface area contributed by atoms with Crippen molar-refractivity contribution in [2.24, 2.45) is 0 Å². The summed E-state index contributed by atoms with van der Waals surface area (Å²) in [7, 11) is -3.40. The zero-order valence-corrected chi connectivity index (χ0v) is 14.7. The van der Waals surface area contributed by atoms with Crippen molar-refractivity contribution >= 4 is 27.1 Å². The Morgan fingerprint density at radius 2 is 1.52 bits per heavy atom. The van der Waals surface area contributed by atoms with Gasteiger partial charge in [-0.1, -0.05) is 12.1 Å². The number of fused-ring (bicyclic) bond motifs is 1. The summed E-state index contributed by atoms with van der Waals surface area (Å²) < 4.78 is 33.7. The van der Waals surface area contributed by atoms with Gasteiger partial charge in [0.25, 0.3) is 10.2 Å². The number of morpholine rings is 1. The summed E-state index contributed by atoms with van der Waals surface area (Å²) >= 11 is 0. The van der Waals surface area contributed by atoms with Crippen molar-refractivity contribution < 1.29 is 13.2 Å². The molecule has 0 unspecified atom stereocenters. The lowest BCUT2D eigenvalue weighted by molar-refractivity contribution is 0.0700. The molecule has 0 spiro atoms. The maximum atomic E-state index is 12.7. The summed E-state index contributed by atoms with van der Waals surface area (Å²) in [4.78, 5) is 11.2. The predicted octanol–water partition coefficient (Wildman–Crippen LogP) is 0.329. The van der Waals surface area contributed by atoms with Gasteiger partial charge in [-0.25, -0.2) is 4.98 Å². The summed E-state index contributed by atoms with van der Waals surface area (Å²) in [6, 6.07) is 7.74. The highest BCUT2D eigenvalue weighted by atomic mass is 32.2. The first-order valence-electron chi connectivity index (χ1n) is 8.44.